The van der Waals surface area contributed by atoms with Crippen LogP contribution in [0.1, 0.15) is 23.5 Å². The number of nitrogens with zero attached hydrogens (tertiary/aromatic N) is 1. The van der Waals surface area contributed by atoms with Crippen molar-refractivity contribution in [2.24, 2.45) is 0 Å². The van der Waals surface area contributed by atoms with Gasteiger partial charge in [-0.2, -0.15) is 0 Å². The molecule has 0 saturated carbocycles. The topological polar surface area (TPSA) is 46.6 Å². The number of esters is 1. The first-order valence-corrected chi connectivity index (χ1v) is 7.23. The van der Waals surface area contributed by atoms with Crippen molar-refractivity contribution in [3.8, 4) is 0 Å². The summed E-state index contributed by atoms with van der Waals surface area (Å²) in [4.78, 5) is 26.1. The lowest BCUT2D eigenvalue weighted by Gasteiger charge is -2.30. The highest BCUT2D eigenvalue weighted by Gasteiger charge is 2.34. The Bertz CT molecular complexity index is 696. The number of rotatable bonds is 3. The molecule has 0 N–H and O–H groups in total. The quantitative estimate of drug-likeness (QED) is 0.818. The van der Waals surface area contributed by atoms with Crippen molar-refractivity contribution < 1.29 is 14.3 Å². The minimum atomic E-state index is -0.524. The number of fused-ring (bicyclic) bond motifs is 1. The van der Waals surface area contributed by atoms with E-state index >= 15 is 0 Å². The number of ether oxygens (including phenoxy) is 1. The van der Waals surface area contributed by atoms with Gasteiger partial charge in [0.1, 0.15) is 6.61 Å². The molecule has 2 aromatic carbocycles. The zero-order valence-electron chi connectivity index (χ0n) is 12.4. The Morgan fingerprint density at radius 3 is 2.59 bits per heavy atom. The van der Waals surface area contributed by atoms with Crippen molar-refractivity contribution in [2.75, 3.05) is 11.9 Å². The van der Waals surface area contributed by atoms with E-state index in [1.807, 2.05) is 54.6 Å². The van der Waals surface area contributed by atoms with Crippen LogP contribution in [0.15, 0.2) is 54.6 Å². The molecule has 112 valence electrons. The minimum absolute atomic E-state index is 0.0691. The minimum Gasteiger partial charge on any atom is -0.460 e. The molecule has 0 bridgehead atoms. The van der Waals surface area contributed by atoms with Crippen LogP contribution in [-0.2, 0) is 20.9 Å². The Morgan fingerprint density at radius 1 is 1.14 bits per heavy atom. The van der Waals surface area contributed by atoms with E-state index in [2.05, 4.69) is 0 Å². The first kappa shape index (κ1) is 14.3. The number of para-hydroxylation sites is 1. The van der Waals surface area contributed by atoms with Gasteiger partial charge in [-0.1, -0.05) is 48.5 Å². The van der Waals surface area contributed by atoms with Crippen LogP contribution in [0.3, 0.4) is 0 Å². The molecule has 0 saturated heterocycles. The largest absolute Gasteiger partial charge is 0.460 e. The number of amides is 1. The average Bonchev–Trinajstić information content (AvgIpc) is 2.57. The van der Waals surface area contributed by atoms with Gasteiger partial charge in [-0.25, -0.2) is 0 Å². The van der Waals surface area contributed by atoms with Gasteiger partial charge in [0.15, 0.2) is 0 Å². The fourth-order valence-corrected chi connectivity index (χ4v) is 2.68. The average molecular weight is 295 g/mol. The Balaban J connectivity index is 1.78. The van der Waals surface area contributed by atoms with Crippen LogP contribution >= 0.6 is 0 Å². The molecular formula is C18H17NO3. The zero-order valence-corrected chi connectivity index (χ0v) is 12.4. The Kier molecular flexibility index (Phi) is 3.92. The van der Waals surface area contributed by atoms with E-state index < -0.39 is 5.92 Å². The van der Waals surface area contributed by atoms with Crippen molar-refractivity contribution in [3.05, 3.63) is 65.7 Å². The summed E-state index contributed by atoms with van der Waals surface area (Å²) in [5.41, 5.74) is 2.56. The predicted molar refractivity (Wildman–Crippen MR) is 83.4 cm³/mol. The summed E-state index contributed by atoms with van der Waals surface area (Å²) in [5, 5.41) is 0. The normalized spacial score (nSPS) is 17.0. The third-order valence-corrected chi connectivity index (χ3v) is 3.93. The lowest BCUT2D eigenvalue weighted by molar-refractivity contribution is -0.148. The molecule has 22 heavy (non-hydrogen) atoms. The fourth-order valence-electron chi connectivity index (χ4n) is 2.68. The summed E-state index contributed by atoms with van der Waals surface area (Å²) in [7, 11) is 1.73. The van der Waals surface area contributed by atoms with E-state index in [4.69, 9.17) is 4.74 Å². The molecule has 1 atom stereocenters. The second-order valence-electron chi connectivity index (χ2n) is 5.36. The van der Waals surface area contributed by atoms with Crippen molar-refractivity contribution in [1.82, 2.24) is 0 Å². The van der Waals surface area contributed by atoms with Gasteiger partial charge in [-0.15, -0.1) is 0 Å². The molecule has 0 aliphatic carbocycles. The molecule has 0 spiro atoms. The van der Waals surface area contributed by atoms with E-state index in [9.17, 15) is 9.59 Å². The van der Waals surface area contributed by atoms with Gasteiger partial charge in [-0.3, -0.25) is 9.59 Å². The standard InChI is InChI=1S/C18H17NO3/c1-19-16-10-6-5-9-14(16)15(11-17(19)20)18(21)22-12-13-7-3-2-4-8-13/h2-10,15H,11-12H2,1H3. The molecular weight excluding hydrogens is 278 g/mol. The molecule has 1 heterocycles. The first-order chi connectivity index (χ1) is 10.7. The van der Waals surface area contributed by atoms with Gasteiger partial charge in [0, 0.05) is 19.2 Å². The second-order valence-corrected chi connectivity index (χ2v) is 5.36. The number of hydrogen-bond acceptors (Lipinski definition) is 3. The van der Waals surface area contributed by atoms with Crippen LogP contribution in [0, 0.1) is 0 Å². The Labute approximate surface area is 129 Å². The maximum Gasteiger partial charge on any atom is 0.314 e. The van der Waals surface area contributed by atoms with E-state index in [0.29, 0.717) is 0 Å². The highest BCUT2D eigenvalue weighted by molar-refractivity contribution is 6.01. The van der Waals surface area contributed by atoms with Gasteiger partial charge >= 0.3 is 5.97 Å². The first-order valence-electron chi connectivity index (χ1n) is 7.23. The predicted octanol–water partition coefficient (Wildman–Crippen LogP) is 2.88. The highest BCUT2D eigenvalue weighted by atomic mass is 16.5. The summed E-state index contributed by atoms with van der Waals surface area (Å²) >= 11 is 0. The number of hydrogen-bond donors (Lipinski definition) is 0. The van der Waals surface area contributed by atoms with Gasteiger partial charge in [0.25, 0.3) is 0 Å². The van der Waals surface area contributed by atoms with E-state index in [-0.39, 0.29) is 24.9 Å². The molecule has 3 rings (SSSR count). The Morgan fingerprint density at radius 2 is 1.82 bits per heavy atom. The lowest BCUT2D eigenvalue weighted by Crippen LogP contribution is -2.36. The van der Waals surface area contributed by atoms with Crippen LogP contribution < -0.4 is 4.90 Å². The molecule has 1 amide bonds. The van der Waals surface area contributed by atoms with Crippen molar-refractivity contribution in [1.29, 1.82) is 0 Å². The number of carbonyl (C=O) groups excluding carboxylic acids is 2. The second kappa shape index (κ2) is 6.02. The van der Waals surface area contributed by atoms with Crippen molar-refractivity contribution in [3.63, 3.8) is 0 Å². The molecule has 0 aromatic heterocycles. The van der Waals surface area contributed by atoms with E-state index in [1.54, 1.807) is 11.9 Å². The molecule has 1 aliphatic heterocycles. The van der Waals surface area contributed by atoms with Gasteiger partial charge < -0.3 is 9.64 Å². The summed E-state index contributed by atoms with van der Waals surface area (Å²) in [6.45, 7) is 0.225. The molecule has 1 aliphatic rings. The molecule has 4 heteroatoms. The summed E-state index contributed by atoms with van der Waals surface area (Å²) in [5.74, 6) is -0.943. The number of anilines is 1. The zero-order chi connectivity index (χ0) is 15.5. The summed E-state index contributed by atoms with van der Waals surface area (Å²) < 4.78 is 5.40. The summed E-state index contributed by atoms with van der Waals surface area (Å²) in [6.07, 6.45) is 0.154. The van der Waals surface area contributed by atoms with Gasteiger partial charge in [0.05, 0.1) is 5.92 Å². The van der Waals surface area contributed by atoms with Crippen LogP contribution in [0.4, 0.5) is 5.69 Å². The van der Waals surface area contributed by atoms with Crippen LogP contribution in [-0.4, -0.2) is 18.9 Å². The third-order valence-electron chi connectivity index (χ3n) is 3.93. The van der Waals surface area contributed by atoms with Crippen LogP contribution in [0.5, 0.6) is 0 Å². The van der Waals surface area contributed by atoms with Gasteiger partial charge in [-0.05, 0) is 17.2 Å². The van der Waals surface area contributed by atoms with Crippen LogP contribution in [0.25, 0.3) is 0 Å². The monoisotopic (exact) mass is 295 g/mol. The fraction of sp³-hybridized carbons (Fsp3) is 0.222. The maximum atomic E-state index is 12.4. The molecule has 4 nitrogen and oxygen atoms in total. The number of carbonyl (C=O) groups is 2. The summed E-state index contributed by atoms with van der Waals surface area (Å²) in [6, 6.07) is 17.0. The Hall–Kier alpha value is -2.62. The maximum absolute atomic E-state index is 12.4. The third kappa shape index (κ3) is 2.72. The van der Waals surface area contributed by atoms with Crippen LogP contribution in [0.2, 0.25) is 0 Å². The van der Waals surface area contributed by atoms with Crippen molar-refractivity contribution >= 4 is 17.6 Å². The molecule has 2 aromatic rings. The SMILES string of the molecule is CN1C(=O)CC(C(=O)OCc2ccccc2)c2ccccc21. The lowest BCUT2D eigenvalue weighted by atomic mass is 9.90. The molecule has 1 unspecified atom stereocenters. The van der Waals surface area contributed by atoms with Gasteiger partial charge in [0.2, 0.25) is 5.91 Å². The van der Waals surface area contributed by atoms with Crippen molar-refractivity contribution in [2.45, 2.75) is 18.9 Å². The number of benzene rings is 2. The smallest absolute Gasteiger partial charge is 0.314 e. The highest BCUT2D eigenvalue weighted by Crippen LogP contribution is 2.35. The molecule has 0 fully saturated rings. The molecule has 0 radical (unpaired) electrons. The van der Waals surface area contributed by atoms with E-state index in [1.165, 1.54) is 0 Å². The van der Waals surface area contributed by atoms with E-state index in [0.717, 1.165) is 16.8 Å².